The number of ether oxygens (including phenoxy) is 1. The first-order valence-electron chi connectivity index (χ1n) is 13.3. The highest BCUT2D eigenvalue weighted by Crippen LogP contribution is 2.18. The first-order chi connectivity index (χ1) is 18.9. The third-order valence-electron chi connectivity index (χ3n) is 5.24. The van der Waals surface area contributed by atoms with E-state index in [0.29, 0.717) is 42.3 Å². The van der Waals surface area contributed by atoms with E-state index in [2.05, 4.69) is 44.7 Å². The van der Waals surface area contributed by atoms with Gasteiger partial charge in [-0.15, -0.1) is 0 Å². The minimum Gasteiger partial charge on any atom is -0.444 e. The van der Waals surface area contributed by atoms with Crippen molar-refractivity contribution in [2.24, 2.45) is 0 Å². The number of anilines is 3. The van der Waals surface area contributed by atoms with Gasteiger partial charge in [-0.05, 0) is 57.9 Å². The minimum atomic E-state index is -0.616. The Hall–Kier alpha value is -4.33. The first-order valence-corrected chi connectivity index (χ1v) is 13.3. The number of hydrogen-bond donors (Lipinski definition) is 3. The fourth-order valence-corrected chi connectivity index (χ4v) is 3.23. The van der Waals surface area contributed by atoms with Crippen molar-refractivity contribution in [3.05, 3.63) is 41.6 Å². The summed E-state index contributed by atoms with van der Waals surface area (Å²) in [5.74, 6) is 6.94. The Kier molecular flexibility index (Phi) is 12.2. The van der Waals surface area contributed by atoms with Crippen molar-refractivity contribution in [1.29, 1.82) is 0 Å². The molecular formula is C29H41N7O4. The number of likely N-dealkylation sites (N-methyl/N-ethyl adjacent to an activating group) is 1. The van der Waals surface area contributed by atoms with Gasteiger partial charge in [-0.1, -0.05) is 18.8 Å². The van der Waals surface area contributed by atoms with Crippen LogP contribution in [0.5, 0.6) is 0 Å². The molecule has 3 amide bonds. The molecule has 3 N–H and O–H groups in total. The number of rotatable bonds is 11. The highest BCUT2D eigenvalue weighted by molar-refractivity contribution is 5.94. The molecule has 0 bridgehead atoms. The zero-order valence-electron chi connectivity index (χ0n) is 24.6. The van der Waals surface area contributed by atoms with Gasteiger partial charge in [-0.2, -0.15) is 4.98 Å². The van der Waals surface area contributed by atoms with Crippen molar-refractivity contribution in [1.82, 2.24) is 25.1 Å². The number of carbonyl (C=O) groups is 3. The van der Waals surface area contributed by atoms with E-state index < -0.39 is 11.7 Å². The van der Waals surface area contributed by atoms with Crippen LogP contribution in [0.2, 0.25) is 0 Å². The van der Waals surface area contributed by atoms with Gasteiger partial charge in [0, 0.05) is 51.9 Å². The lowest BCUT2D eigenvalue weighted by molar-refractivity contribution is -0.122. The zero-order chi connectivity index (χ0) is 29.7. The molecule has 1 aromatic carbocycles. The highest BCUT2D eigenvalue weighted by atomic mass is 16.6. The summed E-state index contributed by atoms with van der Waals surface area (Å²) in [4.78, 5) is 47.9. The molecule has 0 spiro atoms. The summed E-state index contributed by atoms with van der Waals surface area (Å²) in [6.45, 7) is 8.48. The highest BCUT2D eigenvalue weighted by Gasteiger charge is 2.20. The number of hydrogen-bond acceptors (Lipinski definition) is 8. The Morgan fingerprint density at radius 2 is 1.75 bits per heavy atom. The summed E-state index contributed by atoms with van der Waals surface area (Å²) in [6, 6.07) is 7.12. The fourth-order valence-electron chi connectivity index (χ4n) is 3.23. The lowest BCUT2D eigenvalue weighted by Gasteiger charge is -2.24. The van der Waals surface area contributed by atoms with Gasteiger partial charge in [-0.3, -0.25) is 9.59 Å². The van der Waals surface area contributed by atoms with Gasteiger partial charge in [0.1, 0.15) is 18.0 Å². The van der Waals surface area contributed by atoms with E-state index in [0.717, 1.165) is 18.7 Å². The smallest absolute Gasteiger partial charge is 0.410 e. The van der Waals surface area contributed by atoms with E-state index in [-0.39, 0.29) is 18.4 Å². The SMILES string of the molecule is CCCNc1nc(Nc2ccc(C(=O)N(C)C)cc2)ncc1C#CCCCNC(=O)CN(C)C(=O)OC(C)(C)C. The third kappa shape index (κ3) is 11.2. The average molecular weight is 552 g/mol. The van der Waals surface area contributed by atoms with E-state index in [9.17, 15) is 14.4 Å². The molecule has 0 radical (unpaired) electrons. The second-order valence-corrected chi connectivity index (χ2v) is 10.4. The van der Waals surface area contributed by atoms with Crippen LogP contribution in [0.3, 0.4) is 0 Å². The van der Waals surface area contributed by atoms with E-state index >= 15 is 0 Å². The van der Waals surface area contributed by atoms with Gasteiger partial charge in [-0.25, -0.2) is 9.78 Å². The Balaban J connectivity index is 1.90. The van der Waals surface area contributed by atoms with Crippen LogP contribution in [0.1, 0.15) is 62.9 Å². The summed E-state index contributed by atoms with van der Waals surface area (Å²) in [5, 5.41) is 9.24. The van der Waals surface area contributed by atoms with Crippen molar-refractivity contribution in [2.45, 2.75) is 52.6 Å². The maximum absolute atomic E-state index is 12.1. The van der Waals surface area contributed by atoms with Crippen LogP contribution in [0, 0.1) is 11.8 Å². The molecule has 1 heterocycles. The lowest BCUT2D eigenvalue weighted by Crippen LogP contribution is -2.41. The Labute approximate surface area is 237 Å². The van der Waals surface area contributed by atoms with Crippen LogP contribution in [-0.4, -0.2) is 84.1 Å². The number of benzene rings is 1. The largest absolute Gasteiger partial charge is 0.444 e. The second-order valence-electron chi connectivity index (χ2n) is 10.4. The van der Waals surface area contributed by atoms with Crippen LogP contribution in [0.4, 0.5) is 22.2 Å². The number of nitrogens with one attached hydrogen (secondary N) is 3. The Morgan fingerprint density at radius 1 is 1.05 bits per heavy atom. The van der Waals surface area contributed by atoms with Gasteiger partial charge < -0.3 is 30.5 Å². The maximum atomic E-state index is 12.1. The number of carbonyl (C=O) groups excluding carboxylic acids is 3. The van der Waals surface area contributed by atoms with Crippen LogP contribution < -0.4 is 16.0 Å². The summed E-state index contributed by atoms with van der Waals surface area (Å²) >= 11 is 0. The predicted octanol–water partition coefficient (Wildman–Crippen LogP) is 3.86. The molecule has 11 heteroatoms. The average Bonchev–Trinajstić information content (AvgIpc) is 2.89. The number of nitrogens with zero attached hydrogens (tertiary/aromatic N) is 4. The van der Waals surface area contributed by atoms with Gasteiger partial charge in [0.25, 0.3) is 5.91 Å². The van der Waals surface area contributed by atoms with Crippen LogP contribution in [0.15, 0.2) is 30.5 Å². The summed E-state index contributed by atoms with van der Waals surface area (Å²) < 4.78 is 5.25. The van der Waals surface area contributed by atoms with E-state index in [1.165, 1.54) is 16.8 Å². The predicted molar refractivity (Wildman–Crippen MR) is 157 cm³/mol. The number of aromatic nitrogens is 2. The molecule has 40 heavy (non-hydrogen) atoms. The molecule has 0 saturated carbocycles. The van der Waals surface area contributed by atoms with Crippen LogP contribution >= 0.6 is 0 Å². The van der Waals surface area contributed by atoms with Crippen LogP contribution in [0.25, 0.3) is 0 Å². The number of amides is 3. The molecule has 0 fully saturated rings. The second kappa shape index (κ2) is 15.3. The summed E-state index contributed by atoms with van der Waals surface area (Å²) in [6.07, 6.45) is 3.26. The zero-order valence-corrected chi connectivity index (χ0v) is 24.6. The topological polar surface area (TPSA) is 129 Å². The van der Waals surface area contributed by atoms with Crippen molar-refractivity contribution in [3.63, 3.8) is 0 Å². The monoisotopic (exact) mass is 551 g/mol. The minimum absolute atomic E-state index is 0.0649. The van der Waals surface area contributed by atoms with Crippen molar-refractivity contribution >= 4 is 35.4 Å². The standard InChI is InChI=1S/C29H41N7O4/c1-8-17-31-25-22(12-10-9-11-18-30-24(37)20-36(7)28(39)40-29(2,3)4)19-32-27(34-25)33-23-15-13-21(14-16-23)26(38)35(5)6/h13-16,19H,8-9,11,17-18,20H2,1-7H3,(H,30,37)(H2,31,32,33,34). The molecule has 0 aliphatic rings. The van der Waals surface area contributed by atoms with Gasteiger partial charge in [0.2, 0.25) is 11.9 Å². The molecule has 216 valence electrons. The third-order valence-corrected chi connectivity index (χ3v) is 5.24. The molecule has 0 aliphatic carbocycles. The normalized spacial score (nSPS) is 10.6. The lowest BCUT2D eigenvalue weighted by atomic mass is 10.2. The van der Waals surface area contributed by atoms with E-state index in [1.807, 2.05) is 0 Å². The quantitative estimate of drug-likeness (QED) is 0.284. The molecule has 2 rings (SSSR count). The van der Waals surface area contributed by atoms with E-state index in [1.54, 1.807) is 65.3 Å². The molecule has 0 atom stereocenters. The molecule has 2 aromatic rings. The van der Waals surface area contributed by atoms with Crippen LogP contribution in [-0.2, 0) is 9.53 Å². The van der Waals surface area contributed by atoms with Crippen molar-refractivity contribution in [2.75, 3.05) is 51.4 Å². The van der Waals surface area contributed by atoms with Gasteiger partial charge >= 0.3 is 6.09 Å². The summed E-state index contributed by atoms with van der Waals surface area (Å²) in [7, 11) is 4.95. The molecule has 0 unspecified atom stereocenters. The molecule has 0 saturated heterocycles. The maximum Gasteiger partial charge on any atom is 0.410 e. The Morgan fingerprint density at radius 3 is 2.38 bits per heavy atom. The molecular weight excluding hydrogens is 510 g/mol. The Bertz CT molecular complexity index is 1210. The van der Waals surface area contributed by atoms with E-state index in [4.69, 9.17) is 4.74 Å². The summed E-state index contributed by atoms with van der Waals surface area (Å²) in [5.41, 5.74) is 1.42. The molecule has 11 nitrogen and oxygen atoms in total. The molecule has 0 aliphatic heterocycles. The van der Waals surface area contributed by atoms with Crippen molar-refractivity contribution < 1.29 is 19.1 Å². The van der Waals surface area contributed by atoms with Gasteiger partial charge in [0.15, 0.2) is 0 Å². The fraction of sp³-hybridized carbons (Fsp3) is 0.483. The first kappa shape index (κ1) is 31.9. The van der Waals surface area contributed by atoms with Gasteiger partial charge in [0.05, 0.1) is 11.8 Å². The molecule has 1 aromatic heterocycles. The van der Waals surface area contributed by atoms with Crippen molar-refractivity contribution in [3.8, 4) is 11.8 Å². The number of unbranched alkanes of at least 4 members (excludes halogenated alkanes) is 1.